The number of ketones is 2. The summed E-state index contributed by atoms with van der Waals surface area (Å²) in [5, 5.41) is 21.0. The molecule has 0 aromatic rings. The van der Waals surface area contributed by atoms with E-state index >= 15 is 0 Å². The molecule has 0 aromatic heterocycles. The number of sulfonamides is 2. The number of nitrogens with two attached hydrogens (primary N) is 1. The molecule has 4 aliphatic heterocycles. The van der Waals surface area contributed by atoms with Crippen molar-refractivity contribution in [2.75, 3.05) is 64.8 Å². The molecule has 0 saturated carbocycles. The average Bonchev–Trinajstić information content (AvgIpc) is 3.58. The second-order valence-electron chi connectivity index (χ2n) is 13.2. The smallest absolute Gasteiger partial charge is 0.870 e. The van der Waals surface area contributed by atoms with Gasteiger partial charge in [-0.1, -0.05) is 0 Å². The third kappa shape index (κ3) is 30.7. The van der Waals surface area contributed by atoms with Crippen molar-refractivity contribution in [1.29, 1.82) is 0 Å². The normalized spacial score (nSPS) is 25.4. The fourth-order valence-corrected chi connectivity index (χ4v) is 6.29. The Kier molecular flexibility index (Phi) is 36.5. The third-order valence-corrected chi connectivity index (χ3v) is 9.80. The number of Topliss-reactive ketones (excluding diaryl/α,β-unsaturated/α-hetero) is 2. The summed E-state index contributed by atoms with van der Waals surface area (Å²) in [6.45, 7) is 7.81. The third-order valence-electron chi connectivity index (χ3n) is 8.46. The number of nitrogens with one attached hydrogen (secondary N) is 2. The van der Waals surface area contributed by atoms with Crippen molar-refractivity contribution in [2.45, 2.75) is 114 Å². The minimum Gasteiger partial charge on any atom is -0.870 e. The molecule has 338 valence electrons. The zero-order valence-electron chi connectivity index (χ0n) is 34.1. The van der Waals surface area contributed by atoms with E-state index in [1.54, 1.807) is 6.92 Å². The molecule has 4 unspecified atom stereocenters. The Hall–Kier alpha value is -0.893. The van der Waals surface area contributed by atoms with E-state index in [-0.39, 0.29) is 54.5 Å². The second-order valence-corrected chi connectivity index (χ2v) is 19.9. The van der Waals surface area contributed by atoms with Gasteiger partial charge in [0, 0.05) is 50.2 Å². The topological polar surface area (TPSA) is 363 Å². The first-order valence-corrected chi connectivity index (χ1v) is 23.8. The van der Waals surface area contributed by atoms with Gasteiger partial charge in [-0.3, -0.25) is 20.1 Å². The van der Waals surface area contributed by atoms with Crippen LogP contribution in [0, 0.1) is 0 Å². The molecule has 4 fully saturated rings. The Morgan fingerprint density at radius 1 is 0.702 bits per heavy atom. The molecule has 0 spiro atoms. The number of halogens is 1. The first kappa shape index (κ1) is 65.2. The molecular weight excluding hydrogens is 841 g/mol. The molecule has 4 rings (SSSR count). The molecule has 0 radical (unpaired) electrons. The molecule has 4 atom stereocenters. The number of carboxylic acids is 1. The molecule has 4 saturated heterocycles. The van der Waals surface area contributed by atoms with Crippen molar-refractivity contribution in [3.8, 4) is 0 Å². The van der Waals surface area contributed by atoms with Gasteiger partial charge >= 0.3 is 24.8 Å². The fraction of sp³-hybridized carbons (Fsp3) is 0.903. The molecule has 57 heavy (non-hydrogen) atoms. The zero-order valence-corrected chi connectivity index (χ0v) is 37.3. The maximum absolute atomic E-state index is 11.5. The van der Waals surface area contributed by atoms with Gasteiger partial charge in [-0.25, -0.2) is 39.5 Å². The Labute approximate surface area is 354 Å². The average molecular weight is 906 g/mol. The van der Waals surface area contributed by atoms with Gasteiger partial charge in [0.15, 0.2) is 17.2 Å². The molecule has 10 N–H and O–H groups in total. The first-order valence-electron chi connectivity index (χ1n) is 17.3. The fourth-order valence-electron chi connectivity index (χ4n) is 5.30. The van der Waals surface area contributed by atoms with Crippen LogP contribution in [0.4, 0.5) is 0 Å². The van der Waals surface area contributed by atoms with E-state index in [1.807, 2.05) is 0 Å². The number of aliphatic carboxylic acids is 1. The monoisotopic (exact) mass is 905 g/mol. The largest absolute Gasteiger partial charge is 1.00 e. The Morgan fingerprint density at radius 2 is 1.04 bits per heavy atom. The number of hydrogen-bond acceptors (Lipinski definition) is 17. The standard InChI is InChI=1S/C9H17NO4S.C8H15NO5S.C8H15NO2.C5H10O.CH3ClO2S.Li.H2O2.2H2O/c1-8(11)9(5-3-4-6-14-9)7-10-15(2,12)13;1-15(12,13)9-6-8(7(10)11)4-2-3-5-14-8;1-7(10)8(6-9)4-2-3-5-11-8;1-5-3-2-4-6-5;1-5(2,3)4;;1-2;;/h10H,3-7H2,1-2H3;9H,2-6H2,1H3,(H,10,11);2-6,9H2,1H3;5H,2-4H2,1H3;1H3;;1-2H;2*1H2/q;;;;;+1;;;/p-1. The number of hydrogen-bond donors (Lipinski definition) is 6. The number of carbonyl (C=O) groups excluding carboxylic acids is 2. The predicted molar refractivity (Wildman–Crippen MR) is 207 cm³/mol. The quantitative estimate of drug-likeness (QED) is 0.0570. The molecule has 21 nitrogen and oxygen atoms in total. The summed E-state index contributed by atoms with van der Waals surface area (Å²) in [6.07, 6.45) is 13.3. The number of rotatable bonds is 10. The van der Waals surface area contributed by atoms with E-state index in [4.69, 9.17) is 40.3 Å². The van der Waals surface area contributed by atoms with Gasteiger partial charge in [-0.2, -0.15) is 0 Å². The number of ether oxygens (including phenoxy) is 4. The molecule has 4 aliphatic rings. The summed E-state index contributed by atoms with van der Waals surface area (Å²) in [7, 11) is -5.36. The van der Waals surface area contributed by atoms with E-state index < -0.39 is 51.9 Å². The minimum absolute atomic E-state index is 0. The van der Waals surface area contributed by atoms with E-state index in [1.165, 1.54) is 19.8 Å². The summed E-state index contributed by atoms with van der Waals surface area (Å²) < 4.78 is 88.2. The predicted octanol–water partition coefficient (Wildman–Crippen LogP) is -2.51. The van der Waals surface area contributed by atoms with Crippen molar-refractivity contribution in [3.05, 3.63) is 0 Å². The molecule has 0 aliphatic carbocycles. The van der Waals surface area contributed by atoms with Crippen LogP contribution in [-0.4, -0.2) is 157 Å². The maximum atomic E-state index is 11.5. The van der Waals surface area contributed by atoms with Gasteiger partial charge in [0.05, 0.1) is 31.4 Å². The van der Waals surface area contributed by atoms with Crippen molar-refractivity contribution < 1.29 is 104 Å². The zero-order chi connectivity index (χ0) is 42.3. The molecule has 4 heterocycles. The molecule has 0 aromatic carbocycles. The van der Waals surface area contributed by atoms with E-state index in [0.29, 0.717) is 45.3 Å². The summed E-state index contributed by atoms with van der Waals surface area (Å²) in [6, 6.07) is 0. The van der Waals surface area contributed by atoms with Crippen LogP contribution >= 0.6 is 10.7 Å². The molecule has 0 amide bonds. The van der Waals surface area contributed by atoms with Crippen LogP contribution in [0.15, 0.2) is 0 Å². The van der Waals surface area contributed by atoms with Crippen LogP contribution in [0.5, 0.6) is 0 Å². The number of carbonyl (C=O) groups is 3. The Bertz CT molecular complexity index is 1360. The summed E-state index contributed by atoms with van der Waals surface area (Å²) in [5.74, 6) is -1.16. The second kappa shape index (κ2) is 31.9. The first-order chi connectivity index (χ1) is 24.8. The summed E-state index contributed by atoms with van der Waals surface area (Å²) in [4.78, 5) is 33.7. The van der Waals surface area contributed by atoms with E-state index in [0.717, 1.165) is 70.3 Å². The number of carboxylic acid groups (broad SMARTS) is 1. The van der Waals surface area contributed by atoms with Crippen molar-refractivity contribution in [2.24, 2.45) is 5.73 Å². The summed E-state index contributed by atoms with van der Waals surface area (Å²) >= 11 is 0. The van der Waals surface area contributed by atoms with E-state index in [9.17, 15) is 39.6 Å². The van der Waals surface area contributed by atoms with Crippen molar-refractivity contribution >= 4 is 57.3 Å². The maximum Gasteiger partial charge on any atom is 1.00 e. The molecule has 26 heteroatoms. The minimum atomic E-state index is -3.39. The van der Waals surface area contributed by atoms with Crippen LogP contribution in [0.1, 0.15) is 91.4 Å². The molecule has 0 bridgehead atoms. The van der Waals surface area contributed by atoms with Crippen LogP contribution in [0.25, 0.3) is 0 Å². The Morgan fingerprint density at radius 3 is 1.23 bits per heavy atom. The van der Waals surface area contributed by atoms with Crippen molar-refractivity contribution in [1.82, 2.24) is 9.44 Å². The van der Waals surface area contributed by atoms with Gasteiger partial charge in [0.2, 0.25) is 29.1 Å². The van der Waals surface area contributed by atoms with Crippen LogP contribution in [-0.2, 0) is 62.4 Å². The van der Waals surface area contributed by atoms with Gasteiger partial charge < -0.3 is 40.7 Å². The van der Waals surface area contributed by atoms with Crippen LogP contribution < -0.4 is 34.0 Å². The van der Waals surface area contributed by atoms with Crippen LogP contribution in [0.3, 0.4) is 0 Å². The van der Waals surface area contributed by atoms with Gasteiger partial charge in [-0.05, 0) is 91.4 Å². The molecular formula is C31H65ClLiN3O18S3. The van der Waals surface area contributed by atoms with E-state index in [2.05, 4.69) is 27.1 Å². The summed E-state index contributed by atoms with van der Waals surface area (Å²) in [5.41, 5.74) is 2.52. The Balaban J connectivity index is -0.000000202. The van der Waals surface area contributed by atoms with Crippen LogP contribution in [0.2, 0.25) is 0 Å². The van der Waals surface area contributed by atoms with Crippen molar-refractivity contribution in [3.63, 3.8) is 0 Å². The SMILES string of the molecule is CC(=O)C1(CN)CCCCO1.CC(=O)C1(CNS(C)(=O)=O)CCCCO1.CC1CCCO1.CS(=O)(=O)Cl.CS(=O)(=O)NCC1(C(=O)O)CCCCO1.O.OO.[Li+].[OH-]. The van der Waals surface area contributed by atoms with Gasteiger partial charge in [0.1, 0.15) is 11.2 Å². The van der Waals surface area contributed by atoms with Gasteiger partial charge in [0.25, 0.3) is 0 Å². The van der Waals surface area contributed by atoms with Gasteiger partial charge in [-0.15, -0.1) is 0 Å².